The van der Waals surface area contributed by atoms with Gasteiger partial charge >= 0.3 is 6.09 Å². The van der Waals surface area contributed by atoms with E-state index in [1.54, 1.807) is 24.3 Å². The Balaban J connectivity index is 1.82. The second kappa shape index (κ2) is 4.95. The van der Waals surface area contributed by atoms with E-state index in [1.807, 2.05) is 0 Å². The fourth-order valence-electron chi connectivity index (χ4n) is 1.93. The van der Waals surface area contributed by atoms with Gasteiger partial charge in [-0.2, -0.15) is 0 Å². The molecule has 1 heterocycles. The van der Waals surface area contributed by atoms with E-state index in [0.29, 0.717) is 25.4 Å². The summed E-state index contributed by atoms with van der Waals surface area (Å²) >= 11 is 0. The molecule has 1 atom stereocenters. The number of carbonyl (C=O) groups is 1. The maximum absolute atomic E-state index is 10.7. The van der Waals surface area contributed by atoms with Gasteiger partial charge in [0.05, 0.1) is 6.61 Å². The summed E-state index contributed by atoms with van der Waals surface area (Å²) in [5, 5.41) is 18.1. The van der Waals surface area contributed by atoms with Crippen LogP contribution in [0.25, 0.3) is 0 Å². The highest BCUT2D eigenvalue weighted by Crippen LogP contribution is 2.21. The summed E-state index contributed by atoms with van der Waals surface area (Å²) in [6.45, 7) is 1.57. The zero-order valence-electron chi connectivity index (χ0n) is 9.37. The number of hydrogen-bond donors (Lipinski definition) is 2. The molecule has 5 nitrogen and oxygen atoms in total. The summed E-state index contributed by atoms with van der Waals surface area (Å²) in [6, 6.07) is 6.60. The Morgan fingerprint density at radius 2 is 2.35 bits per heavy atom. The second-order valence-electron chi connectivity index (χ2n) is 4.19. The van der Waals surface area contributed by atoms with Crippen molar-refractivity contribution in [2.75, 3.05) is 19.7 Å². The van der Waals surface area contributed by atoms with Crippen LogP contribution < -0.4 is 4.74 Å². The van der Waals surface area contributed by atoms with Crippen LogP contribution in [0.1, 0.15) is 6.42 Å². The lowest BCUT2D eigenvalue weighted by Gasteiger charge is -2.13. The number of benzene rings is 1. The van der Waals surface area contributed by atoms with Crippen LogP contribution in [0, 0.1) is 5.92 Å². The molecule has 1 aliphatic rings. The molecule has 2 rings (SSSR count). The molecule has 92 valence electrons. The van der Waals surface area contributed by atoms with Crippen molar-refractivity contribution in [3.05, 3.63) is 24.3 Å². The first-order valence-electron chi connectivity index (χ1n) is 5.55. The first kappa shape index (κ1) is 11.6. The molecule has 0 spiro atoms. The normalized spacial score (nSPS) is 19.3. The van der Waals surface area contributed by atoms with E-state index >= 15 is 0 Å². The van der Waals surface area contributed by atoms with E-state index in [9.17, 15) is 9.90 Å². The standard InChI is InChI=1S/C12H15NO4/c14-10-2-1-3-11(6-10)17-8-9-4-5-13(7-9)12(15)16/h1-3,6,9,14H,4-5,7-8H2,(H,15,16)/t9-/m0/s1. The molecule has 5 heteroatoms. The van der Waals surface area contributed by atoms with Gasteiger partial charge in [0, 0.05) is 25.1 Å². The van der Waals surface area contributed by atoms with Gasteiger partial charge in [-0.15, -0.1) is 0 Å². The van der Waals surface area contributed by atoms with Crippen LogP contribution >= 0.6 is 0 Å². The number of hydrogen-bond acceptors (Lipinski definition) is 3. The van der Waals surface area contributed by atoms with Gasteiger partial charge in [0.1, 0.15) is 11.5 Å². The van der Waals surface area contributed by atoms with Crippen molar-refractivity contribution in [3.63, 3.8) is 0 Å². The van der Waals surface area contributed by atoms with Crippen molar-refractivity contribution in [2.45, 2.75) is 6.42 Å². The molecule has 17 heavy (non-hydrogen) atoms. The fourth-order valence-corrected chi connectivity index (χ4v) is 1.93. The summed E-state index contributed by atoms with van der Waals surface area (Å²) < 4.78 is 5.52. The summed E-state index contributed by atoms with van der Waals surface area (Å²) in [5.41, 5.74) is 0. The third kappa shape index (κ3) is 3.03. The van der Waals surface area contributed by atoms with Crippen molar-refractivity contribution < 1.29 is 19.7 Å². The topological polar surface area (TPSA) is 70.0 Å². The van der Waals surface area contributed by atoms with Crippen LogP contribution in [0.3, 0.4) is 0 Å². The molecule has 0 bridgehead atoms. The predicted molar refractivity (Wildman–Crippen MR) is 61.3 cm³/mol. The number of carboxylic acid groups (broad SMARTS) is 1. The second-order valence-corrected chi connectivity index (χ2v) is 4.19. The van der Waals surface area contributed by atoms with Crippen molar-refractivity contribution in [1.82, 2.24) is 4.90 Å². The van der Waals surface area contributed by atoms with E-state index in [-0.39, 0.29) is 11.7 Å². The number of ether oxygens (including phenoxy) is 1. The van der Waals surface area contributed by atoms with E-state index in [0.717, 1.165) is 6.42 Å². The number of rotatable bonds is 3. The van der Waals surface area contributed by atoms with Crippen LogP contribution in [-0.4, -0.2) is 40.9 Å². The minimum Gasteiger partial charge on any atom is -0.508 e. The lowest BCUT2D eigenvalue weighted by molar-refractivity contribution is 0.151. The zero-order chi connectivity index (χ0) is 12.3. The average molecular weight is 237 g/mol. The molecule has 1 fully saturated rings. The number of aromatic hydroxyl groups is 1. The first-order chi connectivity index (χ1) is 8.15. The van der Waals surface area contributed by atoms with Crippen LogP contribution in [0.15, 0.2) is 24.3 Å². The average Bonchev–Trinajstić information content (AvgIpc) is 2.75. The Labute approximate surface area is 99.2 Å². The molecular formula is C12H15NO4. The fraction of sp³-hybridized carbons (Fsp3) is 0.417. The van der Waals surface area contributed by atoms with Crippen molar-refractivity contribution in [1.29, 1.82) is 0 Å². The van der Waals surface area contributed by atoms with Crippen LogP contribution in [0.4, 0.5) is 4.79 Å². The van der Waals surface area contributed by atoms with Crippen molar-refractivity contribution >= 4 is 6.09 Å². The number of amides is 1. The summed E-state index contributed by atoms with van der Waals surface area (Å²) in [7, 11) is 0. The smallest absolute Gasteiger partial charge is 0.407 e. The van der Waals surface area contributed by atoms with Gasteiger partial charge in [-0.05, 0) is 18.6 Å². The lowest BCUT2D eigenvalue weighted by atomic mass is 10.1. The molecule has 1 amide bonds. The van der Waals surface area contributed by atoms with Crippen molar-refractivity contribution in [3.8, 4) is 11.5 Å². The summed E-state index contributed by atoms with van der Waals surface area (Å²) in [4.78, 5) is 12.1. The maximum Gasteiger partial charge on any atom is 0.407 e. The Bertz CT molecular complexity index is 407. The molecule has 1 aliphatic heterocycles. The molecule has 0 unspecified atom stereocenters. The minimum absolute atomic E-state index is 0.168. The van der Waals surface area contributed by atoms with E-state index < -0.39 is 6.09 Å². The van der Waals surface area contributed by atoms with E-state index in [1.165, 1.54) is 4.90 Å². The first-order valence-corrected chi connectivity index (χ1v) is 5.55. The largest absolute Gasteiger partial charge is 0.508 e. The van der Waals surface area contributed by atoms with Gasteiger partial charge in [0.15, 0.2) is 0 Å². The van der Waals surface area contributed by atoms with E-state index in [2.05, 4.69) is 0 Å². The van der Waals surface area contributed by atoms with Gasteiger partial charge in [0.2, 0.25) is 0 Å². The Morgan fingerprint density at radius 3 is 3.00 bits per heavy atom. The number of phenols is 1. The monoisotopic (exact) mass is 237 g/mol. The SMILES string of the molecule is O=C(O)N1CC[C@H](COc2cccc(O)c2)C1. The van der Waals surface area contributed by atoms with Gasteiger partial charge in [-0.3, -0.25) is 0 Å². The molecule has 0 saturated carbocycles. The van der Waals surface area contributed by atoms with Crippen molar-refractivity contribution in [2.24, 2.45) is 5.92 Å². The highest BCUT2D eigenvalue weighted by Gasteiger charge is 2.26. The number of phenolic OH excluding ortho intramolecular Hbond substituents is 1. The number of nitrogens with zero attached hydrogens (tertiary/aromatic N) is 1. The van der Waals surface area contributed by atoms with Crippen LogP contribution in [0.5, 0.6) is 11.5 Å². The highest BCUT2D eigenvalue weighted by atomic mass is 16.5. The van der Waals surface area contributed by atoms with Crippen LogP contribution in [-0.2, 0) is 0 Å². The number of likely N-dealkylation sites (tertiary alicyclic amines) is 1. The summed E-state index contributed by atoms with van der Waals surface area (Å²) in [5.74, 6) is 1.01. The van der Waals surface area contributed by atoms with Crippen LogP contribution in [0.2, 0.25) is 0 Å². The van der Waals surface area contributed by atoms with E-state index in [4.69, 9.17) is 9.84 Å². The lowest BCUT2D eigenvalue weighted by Crippen LogP contribution is -2.27. The highest BCUT2D eigenvalue weighted by molar-refractivity contribution is 5.65. The predicted octanol–water partition coefficient (Wildman–Crippen LogP) is 1.77. The van der Waals surface area contributed by atoms with Gasteiger partial charge in [0.25, 0.3) is 0 Å². The molecule has 1 saturated heterocycles. The zero-order valence-corrected chi connectivity index (χ0v) is 9.37. The molecular weight excluding hydrogens is 222 g/mol. The Kier molecular flexibility index (Phi) is 3.37. The Hall–Kier alpha value is -1.91. The molecule has 0 aliphatic carbocycles. The van der Waals surface area contributed by atoms with Gasteiger partial charge < -0.3 is 19.8 Å². The quantitative estimate of drug-likeness (QED) is 0.840. The van der Waals surface area contributed by atoms with Gasteiger partial charge in [-0.25, -0.2) is 4.79 Å². The molecule has 0 radical (unpaired) electrons. The maximum atomic E-state index is 10.7. The summed E-state index contributed by atoms with van der Waals surface area (Å²) in [6.07, 6.45) is -0.0460. The molecule has 1 aromatic carbocycles. The molecule has 1 aromatic rings. The Morgan fingerprint density at radius 1 is 1.53 bits per heavy atom. The molecule has 2 N–H and O–H groups in total. The third-order valence-corrected chi connectivity index (χ3v) is 2.86. The third-order valence-electron chi connectivity index (χ3n) is 2.86. The minimum atomic E-state index is -0.871. The van der Waals surface area contributed by atoms with Gasteiger partial charge in [-0.1, -0.05) is 6.07 Å². The molecule has 0 aromatic heterocycles.